The molecule has 2 aliphatic rings. The Labute approximate surface area is 82.3 Å². The molecule has 0 radical (unpaired) electrons. The maximum atomic E-state index is 6.05. The number of halogens is 1. The lowest BCUT2D eigenvalue weighted by Gasteiger charge is -2.28. The molecule has 1 aromatic rings. The fraction of sp³-hybridized carbons (Fsp3) is 0.400. The van der Waals surface area contributed by atoms with Crippen LogP contribution in [0.3, 0.4) is 0 Å². The standard InChI is InChI=1S/C10H11ClN2/c11-7-2-1-3-8-9(7)12-6-10(13-8)4-5-10/h1-3,12-13H,4-6H2. The number of fused-ring (bicyclic) bond motifs is 1. The van der Waals surface area contributed by atoms with Gasteiger partial charge in [-0.15, -0.1) is 0 Å². The Bertz CT molecular complexity index is 358. The molecule has 0 amide bonds. The van der Waals surface area contributed by atoms with E-state index >= 15 is 0 Å². The highest BCUT2D eigenvalue weighted by atomic mass is 35.5. The molecule has 0 saturated heterocycles. The fourth-order valence-electron chi connectivity index (χ4n) is 1.85. The molecular formula is C10H11ClN2. The van der Waals surface area contributed by atoms with Crippen molar-refractivity contribution in [3.8, 4) is 0 Å². The second kappa shape index (κ2) is 2.32. The molecule has 1 fully saturated rings. The van der Waals surface area contributed by atoms with E-state index < -0.39 is 0 Å². The summed E-state index contributed by atoms with van der Waals surface area (Å²) in [5.41, 5.74) is 2.55. The van der Waals surface area contributed by atoms with Crippen molar-refractivity contribution in [1.82, 2.24) is 0 Å². The number of benzene rings is 1. The van der Waals surface area contributed by atoms with E-state index in [2.05, 4.69) is 16.7 Å². The number of hydrogen-bond donors (Lipinski definition) is 2. The van der Waals surface area contributed by atoms with Gasteiger partial charge in [0.25, 0.3) is 0 Å². The average Bonchev–Trinajstić information content (AvgIpc) is 2.85. The highest BCUT2D eigenvalue weighted by Crippen LogP contribution is 2.45. The highest BCUT2D eigenvalue weighted by Gasteiger charge is 2.45. The van der Waals surface area contributed by atoms with Crippen molar-refractivity contribution >= 4 is 23.0 Å². The van der Waals surface area contributed by atoms with Crippen LogP contribution >= 0.6 is 11.6 Å². The van der Waals surface area contributed by atoms with Crippen LogP contribution < -0.4 is 10.6 Å². The third-order valence-electron chi connectivity index (χ3n) is 2.87. The van der Waals surface area contributed by atoms with Crippen molar-refractivity contribution < 1.29 is 0 Å². The molecule has 68 valence electrons. The topological polar surface area (TPSA) is 24.1 Å². The zero-order valence-electron chi connectivity index (χ0n) is 7.23. The average molecular weight is 195 g/mol. The second-order valence-electron chi connectivity index (χ2n) is 3.92. The molecule has 1 heterocycles. The molecule has 2 N–H and O–H groups in total. The van der Waals surface area contributed by atoms with Crippen LogP contribution in [0.2, 0.25) is 5.02 Å². The first-order chi connectivity index (χ1) is 6.29. The molecule has 1 aliphatic carbocycles. The number of rotatable bonds is 0. The van der Waals surface area contributed by atoms with Gasteiger partial charge in [-0.1, -0.05) is 17.7 Å². The Morgan fingerprint density at radius 1 is 1.31 bits per heavy atom. The van der Waals surface area contributed by atoms with E-state index in [0.717, 1.165) is 22.9 Å². The first-order valence-electron chi connectivity index (χ1n) is 4.60. The fourth-order valence-corrected chi connectivity index (χ4v) is 2.09. The van der Waals surface area contributed by atoms with Crippen LogP contribution in [-0.4, -0.2) is 12.1 Å². The van der Waals surface area contributed by atoms with Crippen LogP contribution in [0, 0.1) is 0 Å². The minimum absolute atomic E-state index is 0.345. The van der Waals surface area contributed by atoms with Crippen LogP contribution in [0.4, 0.5) is 11.4 Å². The molecular weight excluding hydrogens is 184 g/mol. The second-order valence-corrected chi connectivity index (χ2v) is 4.33. The van der Waals surface area contributed by atoms with E-state index in [0.29, 0.717) is 5.54 Å². The van der Waals surface area contributed by atoms with Gasteiger partial charge in [-0.3, -0.25) is 0 Å². The van der Waals surface area contributed by atoms with E-state index in [-0.39, 0.29) is 0 Å². The lowest BCUT2D eigenvalue weighted by molar-refractivity contribution is 0.755. The zero-order valence-corrected chi connectivity index (χ0v) is 7.99. The first-order valence-corrected chi connectivity index (χ1v) is 4.98. The van der Waals surface area contributed by atoms with Gasteiger partial charge in [-0.25, -0.2) is 0 Å². The molecule has 0 bridgehead atoms. The van der Waals surface area contributed by atoms with Crippen molar-refractivity contribution in [2.24, 2.45) is 0 Å². The van der Waals surface area contributed by atoms with Gasteiger partial charge in [0.15, 0.2) is 0 Å². The summed E-state index contributed by atoms with van der Waals surface area (Å²) in [5, 5.41) is 7.74. The largest absolute Gasteiger partial charge is 0.380 e. The molecule has 0 aromatic heterocycles. The van der Waals surface area contributed by atoms with Gasteiger partial charge in [-0.2, -0.15) is 0 Å². The van der Waals surface area contributed by atoms with Gasteiger partial charge >= 0.3 is 0 Å². The van der Waals surface area contributed by atoms with Gasteiger partial charge in [0, 0.05) is 6.54 Å². The van der Waals surface area contributed by atoms with Crippen molar-refractivity contribution in [2.75, 3.05) is 17.2 Å². The number of nitrogens with one attached hydrogen (secondary N) is 2. The quantitative estimate of drug-likeness (QED) is 0.664. The van der Waals surface area contributed by atoms with Crippen LogP contribution in [-0.2, 0) is 0 Å². The summed E-state index contributed by atoms with van der Waals surface area (Å²) in [6.07, 6.45) is 2.54. The van der Waals surface area contributed by atoms with E-state index in [9.17, 15) is 0 Å². The predicted molar refractivity (Wildman–Crippen MR) is 55.5 cm³/mol. The van der Waals surface area contributed by atoms with Crippen molar-refractivity contribution in [2.45, 2.75) is 18.4 Å². The highest BCUT2D eigenvalue weighted by molar-refractivity contribution is 6.34. The van der Waals surface area contributed by atoms with Crippen molar-refractivity contribution in [3.05, 3.63) is 23.2 Å². The molecule has 1 spiro atoms. The summed E-state index contributed by atoms with van der Waals surface area (Å²) < 4.78 is 0. The zero-order chi connectivity index (χ0) is 8.89. The summed E-state index contributed by atoms with van der Waals surface area (Å²) in [6.45, 7) is 1.00. The first kappa shape index (κ1) is 7.51. The number of para-hydroxylation sites is 1. The Balaban J connectivity index is 2.05. The van der Waals surface area contributed by atoms with Crippen molar-refractivity contribution in [3.63, 3.8) is 0 Å². The van der Waals surface area contributed by atoms with Gasteiger partial charge in [0.05, 0.1) is 21.9 Å². The monoisotopic (exact) mass is 194 g/mol. The molecule has 13 heavy (non-hydrogen) atoms. The molecule has 0 unspecified atom stereocenters. The molecule has 2 nitrogen and oxygen atoms in total. The third-order valence-corrected chi connectivity index (χ3v) is 3.19. The molecule has 0 atom stereocenters. The van der Waals surface area contributed by atoms with Crippen LogP contribution in [0.5, 0.6) is 0 Å². The van der Waals surface area contributed by atoms with Gasteiger partial charge in [-0.05, 0) is 25.0 Å². The Kier molecular flexibility index (Phi) is 1.34. The Morgan fingerprint density at radius 2 is 2.15 bits per heavy atom. The van der Waals surface area contributed by atoms with Crippen LogP contribution in [0.25, 0.3) is 0 Å². The Morgan fingerprint density at radius 3 is 2.92 bits per heavy atom. The normalized spacial score (nSPS) is 21.6. The lowest BCUT2D eigenvalue weighted by atomic mass is 10.1. The smallest absolute Gasteiger partial charge is 0.0766 e. The number of anilines is 2. The van der Waals surface area contributed by atoms with Crippen molar-refractivity contribution in [1.29, 1.82) is 0 Å². The maximum absolute atomic E-state index is 6.05. The van der Waals surface area contributed by atoms with Gasteiger partial charge < -0.3 is 10.6 Å². The summed E-state index contributed by atoms with van der Waals surface area (Å²) in [5.74, 6) is 0. The predicted octanol–water partition coefficient (Wildman–Crippen LogP) is 2.71. The van der Waals surface area contributed by atoms with E-state index in [1.807, 2.05) is 12.1 Å². The minimum Gasteiger partial charge on any atom is -0.380 e. The SMILES string of the molecule is Clc1cccc2c1NCC1(CC1)N2. The van der Waals surface area contributed by atoms with Gasteiger partial charge in [0.2, 0.25) is 0 Å². The molecule has 1 aromatic carbocycles. The molecule has 1 aliphatic heterocycles. The third kappa shape index (κ3) is 1.09. The van der Waals surface area contributed by atoms with E-state index in [1.54, 1.807) is 0 Å². The lowest BCUT2D eigenvalue weighted by Crippen LogP contribution is -2.34. The maximum Gasteiger partial charge on any atom is 0.0766 e. The van der Waals surface area contributed by atoms with E-state index in [1.165, 1.54) is 12.8 Å². The summed E-state index contributed by atoms with van der Waals surface area (Å²) in [7, 11) is 0. The van der Waals surface area contributed by atoms with Crippen LogP contribution in [0.15, 0.2) is 18.2 Å². The van der Waals surface area contributed by atoms with Gasteiger partial charge in [0.1, 0.15) is 0 Å². The summed E-state index contributed by atoms with van der Waals surface area (Å²) in [6, 6.07) is 5.98. The molecule has 1 saturated carbocycles. The van der Waals surface area contributed by atoms with Crippen LogP contribution in [0.1, 0.15) is 12.8 Å². The Hall–Kier alpha value is -0.890. The summed E-state index contributed by atoms with van der Waals surface area (Å²) >= 11 is 6.05. The summed E-state index contributed by atoms with van der Waals surface area (Å²) in [4.78, 5) is 0. The van der Waals surface area contributed by atoms with E-state index in [4.69, 9.17) is 11.6 Å². The number of hydrogen-bond acceptors (Lipinski definition) is 2. The minimum atomic E-state index is 0.345. The molecule has 3 rings (SSSR count). The molecule has 3 heteroatoms.